The van der Waals surface area contributed by atoms with Crippen LogP contribution in [0, 0.1) is 5.41 Å². The summed E-state index contributed by atoms with van der Waals surface area (Å²) < 4.78 is 5.35. The van der Waals surface area contributed by atoms with Crippen molar-refractivity contribution >= 4 is 5.91 Å². The molecule has 2 fully saturated rings. The van der Waals surface area contributed by atoms with Gasteiger partial charge in [-0.15, -0.1) is 0 Å². The molecule has 2 aliphatic rings. The minimum Gasteiger partial charge on any atom is -0.381 e. The third-order valence-corrected chi connectivity index (χ3v) is 3.77. The smallest absolute Gasteiger partial charge is 0.237 e. The van der Waals surface area contributed by atoms with E-state index < -0.39 is 0 Å². The van der Waals surface area contributed by atoms with E-state index in [1.54, 1.807) is 0 Å². The van der Waals surface area contributed by atoms with Crippen LogP contribution in [-0.2, 0) is 9.53 Å². The molecule has 0 saturated carbocycles. The molecule has 0 bridgehead atoms. The van der Waals surface area contributed by atoms with E-state index in [9.17, 15) is 4.79 Å². The van der Waals surface area contributed by atoms with E-state index in [2.05, 4.69) is 17.6 Å². The minimum atomic E-state index is 0.0449. The van der Waals surface area contributed by atoms with Crippen molar-refractivity contribution in [1.29, 1.82) is 0 Å². The van der Waals surface area contributed by atoms with Crippen LogP contribution in [0.3, 0.4) is 0 Å². The molecule has 0 aromatic heterocycles. The van der Waals surface area contributed by atoms with Crippen LogP contribution in [0.1, 0.15) is 32.6 Å². The third kappa shape index (κ3) is 2.95. The number of nitrogens with one attached hydrogen (secondary N) is 2. The molecule has 0 aromatic carbocycles. The van der Waals surface area contributed by atoms with Gasteiger partial charge >= 0.3 is 0 Å². The molecule has 1 atom stereocenters. The van der Waals surface area contributed by atoms with Gasteiger partial charge in [-0.2, -0.15) is 0 Å². The summed E-state index contributed by atoms with van der Waals surface area (Å²) in [6.07, 6.45) is 4.19. The van der Waals surface area contributed by atoms with Crippen molar-refractivity contribution in [3.63, 3.8) is 0 Å². The van der Waals surface area contributed by atoms with Crippen LogP contribution in [0.15, 0.2) is 0 Å². The van der Waals surface area contributed by atoms with Gasteiger partial charge in [0, 0.05) is 19.8 Å². The zero-order valence-electron chi connectivity index (χ0n) is 10.1. The molecule has 2 heterocycles. The molecule has 1 unspecified atom stereocenters. The van der Waals surface area contributed by atoms with Gasteiger partial charge in [-0.1, -0.05) is 6.92 Å². The maximum atomic E-state index is 11.8. The first-order valence-electron chi connectivity index (χ1n) is 6.28. The van der Waals surface area contributed by atoms with Crippen LogP contribution in [0.25, 0.3) is 0 Å². The zero-order valence-corrected chi connectivity index (χ0v) is 10.1. The van der Waals surface area contributed by atoms with Crippen molar-refractivity contribution in [2.75, 3.05) is 26.3 Å². The second-order valence-corrected chi connectivity index (χ2v) is 5.29. The van der Waals surface area contributed by atoms with Crippen LogP contribution in [0.4, 0.5) is 0 Å². The van der Waals surface area contributed by atoms with E-state index in [0.717, 1.165) is 52.0 Å². The lowest BCUT2D eigenvalue weighted by Crippen LogP contribution is -2.45. The van der Waals surface area contributed by atoms with Gasteiger partial charge in [-0.3, -0.25) is 4.79 Å². The molecule has 0 aromatic rings. The van der Waals surface area contributed by atoms with Gasteiger partial charge in [0.05, 0.1) is 6.04 Å². The second kappa shape index (κ2) is 5.15. The van der Waals surface area contributed by atoms with E-state index in [1.165, 1.54) is 0 Å². The van der Waals surface area contributed by atoms with Crippen molar-refractivity contribution < 1.29 is 9.53 Å². The van der Waals surface area contributed by atoms with Crippen molar-refractivity contribution in [3.8, 4) is 0 Å². The molecule has 16 heavy (non-hydrogen) atoms. The summed E-state index contributed by atoms with van der Waals surface area (Å²) in [6, 6.07) is 0.0449. The van der Waals surface area contributed by atoms with Crippen molar-refractivity contribution in [1.82, 2.24) is 10.6 Å². The quantitative estimate of drug-likeness (QED) is 0.743. The SMILES string of the molecule is CC1(CNC(=O)C2CCCN2)CCOCC1. The highest BCUT2D eigenvalue weighted by Crippen LogP contribution is 2.28. The maximum absolute atomic E-state index is 11.8. The van der Waals surface area contributed by atoms with E-state index in [4.69, 9.17) is 4.74 Å². The molecule has 2 aliphatic heterocycles. The van der Waals surface area contributed by atoms with Crippen molar-refractivity contribution in [2.45, 2.75) is 38.6 Å². The Labute approximate surface area is 97.1 Å². The molecule has 2 N–H and O–H groups in total. The predicted octanol–water partition coefficient (Wildman–Crippen LogP) is 0.671. The molecule has 0 spiro atoms. The standard InChI is InChI=1S/C12H22N2O2/c1-12(4-7-16-8-5-12)9-14-11(15)10-3-2-6-13-10/h10,13H,2-9H2,1H3,(H,14,15). The molecule has 4 heteroatoms. The van der Waals surface area contributed by atoms with E-state index in [1.807, 2.05) is 0 Å². The van der Waals surface area contributed by atoms with Crippen LogP contribution in [-0.4, -0.2) is 38.3 Å². The largest absolute Gasteiger partial charge is 0.381 e. The molecule has 4 nitrogen and oxygen atoms in total. The maximum Gasteiger partial charge on any atom is 0.237 e. The van der Waals surface area contributed by atoms with Crippen LogP contribution in [0.2, 0.25) is 0 Å². The van der Waals surface area contributed by atoms with Gasteiger partial charge in [-0.25, -0.2) is 0 Å². The summed E-state index contributed by atoms with van der Waals surface area (Å²) in [5.74, 6) is 0.171. The Bertz CT molecular complexity index is 243. The van der Waals surface area contributed by atoms with Crippen molar-refractivity contribution in [3.05, 3.63) is 0 Å². The second-order valence-electron chi connectivity index (χ2n) is 5.29. The summed E-state index contributed by atoms with van der Waals surface area (Å²) in [5.41, 5.74) is 0.229. The van der Waals surface area contributed by atoms with Crippen LogP contribution in [0.5, 0.6) is 0 Å². The summed E-state index contributed by atoms with van der Waals surface area (Å²) in [7, 11) is 0. The Hall–Kier alpha value is -0.610. The average molecular weight is 226 g/mol. The minimum absolute atomic E-state index is 0.0449. The number of ether oxygens (including phenoxy) is 1. The lowest BCUT2D eigenvalue weighted by atomic mass is 9.82. The zero-order chi connectivity index (χ0) is 11.4. The summed E-state index contributed by atoms with van der Waals surface area (Å²) in [4.78, 5) is 11.8. The topological polar surface area (TPSA) is 50.4 Å². The number of rotatable bonds is 3. The highest BCUT2D eigenvalue weighted by atomic mass is 16.5. The van der Waals surface area contributed by atoms with Crippen LogP contribution < -0.4 is 10.6 Å². The lowest BCUT2D eigenvalue weighted by Gasteiger charge is -2.33. The first kappa shape index (κ1) is 11.9. The monoisotopic (exact) mass is 226 g/mol. The average Bonchev–Trinajstić information content (AvgIpc) is 2.80. The normalized spacial score (nSPS) is 28.9. The van der Waals surface area contributed by atoms with Gasteiger partial charge in [0.1, 0.15) is 0 Å². The number of carbonyl (C=O) groups is 1. The molecular formula is C12H22N2O2. The third-order valence-electron chi connectivity index (χ3n) is 3.77. The van der Waals surface area contributed by atoms with Gasteiger partial charge in [0.25, 0.3) is 0 Å². The summed E-state index contributed by atoms with van der Waals surface area (Å²) in [6.45, 7) is 5.65. The first-order chi connectivity index (χ1) is 7.70. The number of amides is 1. The number of carbonyl (C=O) groups excluding carboxylic acids is 1. The van der Waals surface area contributed by atoms with Gasteiger partial charge in [-0.05, 0) is 37.6 Å². The Morgan fingerprint density at radius 1 is 1.50 bits per heavy atom. The van der Waals surface area contributed by atoms with Gasteiger partial charge in [0.15, 0.2) is 0 Å². The Morgan fingerprint density at radius 2 is 2.25 bits per heavy atom. The highest BCUT2D eigenvalue weighted by Gasteiger charge is 2.29. The fraction of sp³-hybridized carbons (Fsp3) is 0.917. The van der Waals surface area contributed by atoms with E-state index >= 15 is 0 Å². The molecule has 0 aliphatic carbocycles. The summed E-state index contributed by atoms with van der Waals surface area (Å²) >= 11 is 0. The fourth-order valence-corrected chi connectivity index (χ4v) is 2.37. The summed E-state index contributed by atoms with van der Waals surface area (Å²) in [5, 5.41) is 6.30. The van der Waals surface area contributed by atoms with Crippen LogP contribution >= 0.6 is 0 Å². The molecule has 2 saturated heterocycles. The highest BCUT2D eigenvalue weighted by molar-refractivity contribution is 5.82. The number of hydrogen-bond acceptors (Lipinski definition) is 3. The van der Waals surface area contributed by atoms with Gasteiger partial charge < -0.3 is 15.4 Å². The predicted molar refractivity (Wildman–Crippen MR) is 62.2 cm³/mol. The molecule has 2 rings (SSSR count). The van der Waals surface area contributed by atoms with E-state index in [-0.39, 0.29) is 17.4 Å². The Balaban J connectivity index is 1.75. The first-order valence-corrected chi connectivity index (χ1v) is 6.28. The van der Waals surface area contributed by atoms with Crippen molar-refractivity contribution in [2.24, 2.45) is 5.41 Å². The molecule has 0 radical (unpaired) electrons. The Morgan fingerprint density at radius 3 is 2.88 bits per heavy atom. The molecule has 1 amide bonds. The number of hydrogen-bond donors (Lipinski definition) is 2. The molecular weight excluding hydrogens is 204 g/mol. The lowest BCUT2D eigenvalue weighted by molar-refractivity contribution is -0.123. The molecule has 92 valence electrons. The van der Waals surface area contributed by atoms with Gasteiger partial charge in [0.2, 0.25) is 5.91 Å². The van der Waals surface area contributed by atoms with E-state index in [0.29, 0.717) is 0 Å². The fourth-order valence-electron chi connectivity index (χ4n) is 2.37. The Kier molecular flexibility index (Phi) is 3.82.